The number of rotatable bonds is 5. The largest absolute Gasteiger partial charge is 0.373 e. The Morgan fingerprint density at radius 2 is 2.10 bits per heavy atom. The van der Waals surface area contributed by atoms with Gasteiger partial charge in [-0.25, -0.2) is 9.67 Å². The van der Waals surface area contributed by atoms with Gasteiger partial charge in [0.15, 0.2) is 0 Å². The Bertz CT molecular complexity index is 636. The molecule has 0 atom stereocenters. The Labute approximate surface area is 116 Å². The van der Waals surface area contributed by atoms with Crippen molar-refractivity contribution in [2.75, 3.05) is 12.4 Å². The second kappa shape index (κ2) is 5.68. The number of hydrogen-bond acceptors (Lipinski definition) is 5. The summed E-state index contributed by atoms with van der Waals surface area (Å²) < 4.78 is 1.57. The topological polar surface area (TPSA) is 85.9 Å². The fourth-order valence-electron chi connectivity index (χ4n) is 1.96. The molecule has 7 heteroatoms. The average Bonchev–Trinajstić information content (AvgIpc) is 2.89. The highest BCUT2D eigenvalue weighted by molar-refractivity contribution is 5.53. The normalized spacial score (nSPS) is 10.6. The summed E-state index contributed by atoms with van der Waals surface area (Å²) in [7, 11) is 1.72. The summed E-state index contributed by atoms with van der Waals surface area (Å²) in [5.74, 6) is 0.819. The Morgan fingerprint density at radius 1 is 1.35 bits per heavy atom. The van der Waals surface area contributed by atoms with Crippen LogP contribution >= 0.6 is 0 Å². The molecule has 20 heavy (non-hydrogen) atoms. The van der Waals surface area contributed by atoms with E-state index >= 15 is 0 Å². The molecular weight excluding hydrogens is 258 g/mol. The molecule has 7 nitrogen and oxygen atoms in total. The third kappa shape index (κ3) is 2.47. The molecule has 0 radical (unpaired) electrons. The van der Waals surface area contributed by atoms with Gasteiger partial charge in [0.2, 0.25) is 5.82 Å². The number of anilines is 1. The molecular formula is C13H17N5O2. The summed E-state index contributed by atoms with van der Waals surface area (Å²) in [6, 6.07) is 4.98. The molecule has 0 aromatic carbocycles. The molecule has 0 aliphatic heterocycles. The van der Waals surface area contributed by atoms with E-state index in [2.05, 4.69) is 15.4 Å². The van der Waals surface area contributed by atoms with Crippen molar-refractivity contribution in [2.45, 2.75) is 26.7 Å². The van der Waals surface area contributed by atoms with Crippen molar-refractivity contribution in [1.82, 2.24) is 14.8 Å². The molecule has 2 aromatic rings. The highest BCUT2D eigenvalue weighted by atomic mass is 16.6. The molecule has 1 N–H and O–H groups in total. The highest BCUT2D eigenvalue weighted by Crippen LogP contribution is 2.24. The van der Waals surface area contributed by atoms with E-state index in [1.54, 1.807) is 17.8 Å². The number of nitrogens with zero attached hydrogens (tertiary/aromatic N) is 4. The maximum absolute atomic E-state index is 11.2. The summed E-state index contributed by atoms with van der Waals surface area (Å²) in [5.41, 5.74) is 1.75. The molecule has 0 fully saturated rings. The second-order valence-corrected chi connectivity index (χ2v) is 4.29. The minimum Gasteiger partial charge on any atom is -0.373 e. The van der Waals surface area contributed by atoms with Gasteiger partial charge in [-0.2, -0.15) is 5.10 Å². The average molecular weight is 275 g/mol. The first-order valence-corrected chi connectivity index (χ1v) is 6.52. The van der Waals surface area contributed by atoms with Crippen LogP contribution in [-0.2, 0) is 12.8 Å². The standard InChI is InChI=1S/C13H17N5O2/c1-4-9-8-10(5-2)17(16-9)13-11(18(19)20)6-7-12(14-3)15-13/h6-8H,4-5H2,1-3H3,(H,14,15). The summed E-state index contributed by atoms with van der Waals surface area (Å²) in [6.45, 7) is 3.98. The Morgan fingerprint density at radius 3 is 2.65 bits per heavy atom. The SMILES string of the molecule is CCc1cc(CC)n(-c2nc(NC)ccc2[N+](=O)[O-])n1. The number of pyridine rings is 1. The molecule has 0 saturated carbocycles. The number of hydrogen-bond donors (Lipinski definition) is 1. The second-order valence-electron chi connectivity index (χ2n) is 4.29. The van der Waals surface area contributed by atoms with Gasteiger partial charge in [0, 0.05) is 18.8 Å². The van der Waals surface area contributed by atoms with Crippen LogP contribution < -0.4 is 5.32 Å². The van der Waals surface area contributed by atoms with E-state index < -0.39 is 4.92 Å². The third-order valence-corrected chi connectivity index (χ3v) is 3.07. The Hall–Kier alpha value is -2.44. The predicted octanol–water partition coefficient (Wildman–Crippen LogP) is 2.34. The van der Waals surface area contributed by atoms with E-state index in [-0.39, 0.29) is 11.5 Å². The number of aromatic nitrogens is 3. The van der Waals surface area contributed by atoms with Crippen molar-refractivity contribution < 1.29 is 4.92 Å². The van der Waals surface area contributed by atoms with Crippen LogP contribution in [0.2, 0.25) is 0 Å². The molecule has 2 heterocycles. The zero-order chi connectivity index (χ0) is 14.7. The summed E-state index contributed by atoms with van der Waals surface area (Å²) in [4.78, 5) is 15.0. The summed E-state index contributed by atoms with van der Waals surface area (Å²) >= 11 is 0. The van der Waals surface area contributed by atoms with Crippen LogP contribution in [0.4, 0.5) is 11.5 Å². The molecule has 0 bridgehead atoms. The van der Waals surface area contributed by atoms with E-state index in [4.69, 9.17) is 0 Å². The van der Waals surface area contributed by atoms with E-state index in [1.165, 1.54) is 6.07 Å². The predicted molar refractivity (Wildman–Crippen MR) is 76.3 cm³/mol. The lowest BCUT2D eigenvalue weighted by Gasteiger charge is -2.07. The molecule has 106 valence electrons. The van der Waals surface area contributed by atoms with Gasteiger partial charge in [0.05, 0.1) is 10.6 Å². The summed E-state index contributed by atoms with van der Waals surface area (Å²) in [6.07, 6.45) is 1.51. The van der Waals surface area contributed by atoms with Gasteiger partial charge in [-0.3, -0.25) is 10.1 Å². The van der Waals surface area contributed by atoms with Crippen molar-refractivity contribution in [3.63, 3.8) is 0 Å². The van der Waals surface area contributed by atoms with Gasteiger partial charge in [-0.05, 0) is 25.0 Å². The van der Waals surface area contributed by atoms with Gasteiger partial charge in [0.25, 0.3) is 0 Å². The monoisotopic (exact) mass is 275 g/mol. The van der Waals surface area contributed by atoms with Crippen LogP contribution in [0.25, 0.3) is 5.82 Å². The van der Waals surface area contributed by atoms with Gasteiger partial charge < -0.3 is 5.32 Å². The first-order valence-electron chi connectivity index (χ1n) is 6.52. The van der Waals surface area contributed by atoms with Crippen LogP contribution in [0.1, 0.15) is 25.2 Å². The maximum Gasteiger partial charge on any atom is 0.313 e. The van der Waals surface area contributed by atoms with Crippen molar-refractivity contribution in [3.05, 3.63) is 39.7 Å². The third-order valence-electron chi connectivity index (χ3n) is 3.07. The van der Waals surface area contributed by atoms with Gasteiger partial charge >= 0.3 is 5.69 Å². The summed E-state index contributed by atoms with van der Waals surface area (Å²) in [5, 5.41) is 18.5. The van der Waals surface area contributed by atoms with Crippen molar-refractivity contribution in [3.8, 4) is 5.82 Å². The van der Waals surface area contributed by atoms with E-state index in [9.17, 15) is 10.1 Å². The van der Waals surface area contributed by atoms with Gasteiger partial charge in [-0.15, -0.1) is 0 Å². The maximum atomic E-state index is 11.2. The van der Waals surface area contributed by atoms with Crippen molar-refractivity contribution in [1.29, 1.82) is 0 Å². The number of nitrogens with one attached hydrogen (secondary N) is 1. The van der Waals surface area contributed by atoms with E-state index in [0.29, 0.717) is 5.82 Å². The van der Waals surface area contributed by atoms with Crippen molar-refractivity contribution >= 4 is 11.5 Å². The van der Waals surface area contributed by atoms with E-state index in [1.807, 2.05) is 19.9 Å². The molecule has 0 aliphatic rings. The molecule has 0 aliphatic carbocycles. The Kier molecular flexibility index (Phi) is 3.97. The number of aryl methyl sites for hydroxylation is 2. The smallest absolute Gasteiger partial charge is 0.313 e. The quantitative estimate of drug-likeness (QED) is 0.668. The molecule has 2 aromatic heterocycles. The molecule has 0 spiro atoms. The zero-order valence-electron chi connectivity index (χ0n) is 11.8. The lowest BCUT2D eigenvalue weighted by atomic mass is 10.2. The van der Waals surface area contributed by atoms with Gasteiger partial charge in [-0.1, -0.05) is 13.8 Å². The van der Waals surface area contributed by atoms with Gasteiger partial charge in [0.1, 0.15) is 5.82 Å². The number of nitro groups is 1. The highest BCUT2D eigenvalue weighted by Gasteiger charge is 2.20. The molecule has 0 unspecified atom stereocenters. The zero-order valence-corrected chi connectivity index (χ0v) is 11.8. The molecule has 0 saturated heterocycles. The minimum absolute atomic E-state index is 0.0514. The first kappa shape index (κ1) is 14.0. The minimum atomic E-state index is -0.436. The lowest BCUT2D eigenvalue weighted by molar-refractivity contribution is -0.384. The molecule has 2 rings (SSSR count). The van der Waals surface area contributed by atoms with Crippen LogP contribution in [0.3, 0.4) is 0 Å². The molecule has 0 amide bonds. The van der Waals surface area contributed by atoms with Crippen LogP contribution in [-0.4, -0.2) is 26.7 Å². The Balaban J connectivity index is 2.66. The van der Waals surface area contributed by atoms with Crippen LogP contribution in [0.15, 0.2) is 18.2 Å². The first-order chi connectivity index (χ1) is 9.60. The van der Waals surface area contributed by atoms with Crippen LogP contribution in [0, 0.1) is 10.1 Å². The van der Waals surface area contributed by atoms with Crippen molar-refractivity contribution in [2.24, 2.45) is 0 Å². The fraction of sp³-hybridized carbons (Fsp3) is 0.385. The fourth-order valence-corrected chi connectivity index (χ4v) is 1.96. The van der Waals surface area contributed by atoms with Crippen LogP contribution in [0.5, 0.6) is 0 Å². The van der Waals surface area contributed by atoms with E-state index in [0.717, 1.165) is 24.2 Å². The lowest BCUT2D eigenvalue weighted by Crippen LogP contribution is -2.09.